The molecule has 2 aliphatic rings. The van der Waals surface area contributed by atoms with Gasteiger partial charge in [0.25, 0.3) is 0 Å². The average molecular weight is 803 g/mol. The molecule has 0 aromatic heterocycles. The maximum Gasteiger partial charge on any atom is -1.00 e. The molecule has 0 atom stereocenters. The third kappa shape index (κ3) is 7.66. The van der Waals surface area contributed by atoms with E-state index in [9.17, 15) is 26.3 Å². The second kappa shape index (κ2) is 14.8. The van der Waals surface area contributed by atoms with E-state index in [1.807, 2.05) is 12.1 Å². The summed E-state index contributed by atoms with van der Waals surface area (Å²) in [4.78, 5) is 0. The molecule has 6 rings (SSSR count). The molecule has 0 aliphatic heterocycles. The van der Waals surface area contributed by atoms with Crippen molar-refractivity contribution in [1.29, 1.82) is 0 Å². The van der Waals surface area contributed by atoms with Crippen LogP contribution >= 0.6 is 0 Å². The first kappa shape index (κ1) is 39.5. The smallest absolute Gasteiger partial charge is 1.00 e. The molecule has 50 heavy (non-hydrogen) atoms. The summed E-state index contributed by atoms with van der Waals surface area (Å²) in [5.74, 6) is 0. The second-order valence-electron chi connectivity index (χ2n) is 13.3. The van der Waals surface area contributed by atoms with E-state index in [-0.39, 0.29) is 33.9 Å². The summed E-state index contributed by atoms with van der Waals surface area (Å²) in [6.07, 6.45) is -0.757. The number of benzene rings is 4. The van der Waals surface area contributed by atoms with Gasteiger partial charge in [-0.1, -0.05) is 0 Å². The average Bonchev–Trinajstić information content (AvgIpc) is 3.66. The molecule has 4 aromatic rings. The number of hydrogen-bond acceptors (Lipinski definition) is 0. The number of rotatable bonds is 6. The van der Waals surface area contributed by atoms with Crippen molar-refractivity contribution in [3.05, 3.63) is 164 Å². The Bertz CT molecular complexity index is 1940. The van der Waals surface area contributed by atoms with Crippen molar-refractivity contribution in [2.75, 3.05) is 0 Å². The van der Waals surface area contributed by atoms with Crippen LogP contribution in [0.15, 0.2) is 119 Å². The molecule has 0 radical (unpaired) electrons. The van der Waals surface area contributed by atoms with Crippen LogP contribution in [0.5, 0.6) is 0 Å². The van der Waals surface area contributed by atoms with Crippen molar-refractivity contribution in [2.24, 2.45) is 5.41 Å². The van der Waals surface area contributed by atoms with Crippen LogP contribution < -0.4 is 24.8 Å². The van der Waals surface area contributed by atoms with Crippen LogP contribution in [-0.2, 0) is 33.6 Å². The van der Waals surface area contributed by atoms with Gasteiger partial charge in [0.1, 0.15) is 0 Å². The Morgan fingerprint density at radius 2 is 1.14 bits per heavy atom. The van der Waals surface area contributed by atoms with Gasteiger partial charge in [-0.25, -0.2) is 0 Å². The van der Waals surface area contributed by atoms with Crippen molar-refractivity contribution in [3.63, 3.8) is 0 Å². The number of allylic oxidation sites excluding steroid dienone is 4. The SMILES string of the molecule is C=Cc1ccc2c(c1)-c1cc(C=C)ccc1[CH]2[Zr+2]([C]1=CC(C(C)(C)C)=CC1)=[C](c1cccc(C(F)(F)F)c1)c1cccc(C(F)(F)F)c1.[Cl-].[Cl-]. The Morgan fingerprint density at radius 1 is 0.680 bits per heavy atom. The van der Waals surface area contributed by atoms with E-state index in [1.165, 1.54) is 12.1 Å². The van der Waals surface area contributed by atoms with Gasteiger partial charge in [-0.15, -0.1) is 0 Å². The van der Waals surface area contributed by atoms with E-state index in [0.29, 0.717) is 20.8 Å². The first-order chi connectivity index (χ1) is 22.6. The monoisotopic (exact) mass is 800 g/mol. The molecule has 0 nitrogen and oxygen atoms in total. The zero-order chi connectivity index (χ0) is 34.6. The minimum Gasteiger partial charge on any atom is -1.00 e. The number of halogens is 8. The molecule has 9 heteroatoms. The van der Waals surface area contributed by atoms with Gasteiger partial charge in [0.15, 0.2) is 0 Å². The van der Waals surface area contributed by atoms with E-state index in [4.69, 9.17) is 0 Å². The normalized spacial score (nSPS) is 13.8. The van der Waals surface area contributed by atoms with Crippen LogP contribution in [0, 0.1) is 5.41 Å². The van der Waals surface area contributed by atoms with Crippen molar-refractivity contribution >= 4 is 15.4 Å². The molecule has 4 aromatic carbocycles. The van der Waals surface area contributed by atoms with Crippen molar-refractivity contribution in [2.45, 2.75) is 43.2 Å². The Morgan fingerprint density at radius 3 is 1.52 bits per heavy atom. The molecule has 0 heterocycles. The van der Waals surface area contributed by atoms with Crippen LogP contribution in [0.3, 0.4) is 0 Å². The number of fused-ring (bicyclic) bond motifs is 3. The molecular weight excluding hydrogens is 769 g/mol. The fourth-order valence-electron chi connectivity index (χ4n) is 6.76. The Kier molecular flexibility index (Phi) is 11.7. The minimum atomic E-state index is -4.62. The summed E-state index contributed by atoms with van der Waals surface area (Å²) in [5, 5.41) is 0. The molecule has 0 N–H and O–H groups in total. The molecule has 258 valence electrons. The van der Waals surface area contributed by atoms with E-state index >= 15 is 0 Å². The third-order valence-corrected chi connectivity index (χ3v) is 17.4. The standard InChI is InChI=1S/C17H13.C15H8F6.C9H13.2ClH.Zr/c1-3-12-5-7-14-11-15-8-6-13(4-2)10-17(15)16(14)9-12;16-14(17,18)12-5-1-3-10(8-12)7-11-4-2-6-13(9-11)15(19,20)21;1-9(2,3)8-6-4-5-7-8;;;/h3-11H,1-2H2;1-6,8-9H;6-7H,4H2,1-3H3;2*1H;/q;;;;;+2/p-2. The predicted octanol–water partition coefficient (Wildman–Crippen LogP) is 6.24. The summed E-state index contributed by atoms with van der Waals surface area (Å²) in [6, 6.07) is 22.5. The van der Waals surface area contributed by atoms with Crippen molar-refractivity contribution in [1.82, 2.24) is 0 Å². The third-order valence-electron chi connectivity index (χ3n) is 9.14. The fraction of sp³-hybridized carbons (Fsp3) is 0.195. The van der Waals surface area contributed by atoms with Gasteiger partial charge in [0, 0.05) is 0 Å². The van der Waals surface area contributed by atoms with Gasteiger partial charge in [-0.05, 0) is 0 Å². The van der Waals surface area contributed by atoms with Gasteiger partial charge in [0.05, 0.1) is 0 Å². The Labute approximate surface area is 309 Å². The van der Waals surface area contributed by atoms with Gasteiger partial charge < -0.3 is 24.8 Å². The maximum absolute atomic E-state index is 14.2. The minimum absolute atomic E-state index is 0. The second-order valence-corrected chi connectivity index (χ2v) is 19.5. The van der Waals surface area contributed by atoms with Crippen LogP contribution in [0.2, 0.25) is 0 Å². The first-order valence-corrected chi connectivity index (χ1v) is 19.5. The topological polar surface area (TPSA) is 0 Å². The maximum atomic E-state index is 14.2. The molecular formula is C41H34Cl2F6Zr. The Balaban J connectivity index is 0.00000281. The summed E-state index contributed by atoms with van der Waals surface area (Å²) in [6.45, 7) is 14.2. The van der Waals surface area contributed by atoms with Crippen molar-refractivity contribution in [3.8, 4) is 11.1 Å². The number of hydrogen-bond donors (Lipinski definition) is 0. The summed E-state index contributed by atoms with van der Waals surface area (Å²) < 4.78 is 86.7. The first-order valence-electron chi connectivity index (χ1n) is 15.6. The zero-order valence-electron chi connectivity index (χ0n) is 27.6. The summed E-state index contributed by atoms with van der Waals surface area (Å²) in [5.41, 5.74) is 5.80. The van der Waals surface area contributed by atoms with Gasteiger partial charge in [0.2, 0.25) is 0 Å². The quantitative estimate of drug-likeness (QED) is 0.203. The number of alkyl halides is 6. The van der Waals surface area contributed by atoms with E-state index < -0.39 is 44.7 Å². The molecule has 0 amide bonds. The van der Waals surface area contributed by atoms with E-state index in [1.54, 1.807) is 24.3 Å². The predicted molar refractivity (Wildman–Crippen MR) is 180 cm³/mol. The largest absolute Gasteiger partial charge is 1.00 e. The molecule has 0 spiro atoms. The van der Waals surface area contributed by atoms with Crippen LogP contribution in [0.1, 0.15) is 75.3 Å². The summed E-state index contributed by atoms with van der Waals surface area (Å²) >= 11 is -3.64. The van der Waals surface area contributed by atoms with Gasteiger partial charge >= 0.3 is 286 Å². The molecule has 0 bridgehead atoms. The Hall–Kier alpha value is -3.25. The molecule has 0 fully saturated rings. The molecule has 0 saturated carbocycles. The van der Waals surface area contributed by atoms with Crippen LogP contribution in [-0.4, -0.2) is 3.21 Å². The molecule has 2 aliphatic carbocycles. The van der Waals surface area contributed by atoms with Crippen LogP contribution in [0.25, 0.3) is 23.3 Å². The van der Waals surface area contributed by atoms with Crippen molar-refractivity contribution < 1.29 is 72.4 Å². The van der Waals surface area contributed by atoms with E-state index in [2.05, 4.69) is 70.3 Å². The summed E-state index contributed by atoms with van der Waals surface area (Å²) in [7, 11) is 0. The molecule has 0 unspecified atom stereocenters. The fourth-order valence-corrected chi connectivity index (χ4v) is 15.8. The van der Waals surface area contributed by atoms with E-state index in [0.717, 1.165) is 66.5 Å². The van der Waals surface area contributed by atoms with Crippen LogP contribution in [0.4, 0.5) is 26.3 Å². The van der Waals surface area contributed by atoms with Gasteiger partial charge in [-0.3, -0.25) is 0 Å². The molecule has 0 saturated heterocycles. The van der Waals surface area contributed by atoms with Gasteiger partial charge in [-0.2, -0.15) is 0 Å². The zero-order valence-corrected chi connectivity index (χ0v) is 31.6.